The van der Waals surface area contributed by atoms with E-state index >= 15 is 0 Å². The zero-order valence-electron chi connectivity index (χ0n) is 11.4. The van der Waals surface area contributed by atoms with Crippen molar-refractivity contribution in [1.29, 1.82) is 0 Å². The van der Waals surface area contributed by atoms with Gasteiger partial charge in [-0.15, -0.1) is 0 Å². The number of halogens is 1. The minimum absolute atomic E-state index is 0.337. The Morgan fingerprint density at radius 3 is 2.55 bits per heavy atom. The number of anilines is 1. The van der Waals surface area contributed by atoms with Gasteiger partial charge in [0.1, 0.15) is 5.75 Å². The van der Waals surface area contributed by atoms with Crippen LogP contribution in [0.5, 0.6) is 5.75 Å². The predicted octanol–water partition coefficient (Wildman–Crippen LogP) is 2.62. The van der Waals surface area contributed by atoms with Gasteiger partial charge in [-0.3, -0.25) is 0 Å². The molecule has 3 aliphatic heterocycles. The first-order valence-corrected chi connectivity index (χ1v) is 7.62. The van der Waals surface area contributed by atoms with Crippen LogP contribution < -0.4 is 9.64 Å². The molecule has 1 aromatic carbocycles. The van der Waals surface area contributed by atoms with Crippen LogP contribution in [0.2, 0.25) is 5.02 Å². The number of nitrogens with zero attached hydrogens (tertiary/aromatic N) is 1. The third-order valence-electron chi connectivity index (χ3n) is 4.44. The van der Waals surface area contributed by atoms with Gasteiger partial charge in [-0.25, -0.2) is 0 Å². The van der Waals surface area contributed by atoms with Gasteiger partial charge >= 0.3 is 0 Å². The molecule has 4 nitrogen and oxygen atoms in total. The van der Waals surface area contributed by atoms with Crippen LogP contribution in [-0.2, 0) is 15.9 Å². The molecule has 20 heavy (non-hydrogen) atoms. The monoisotopic (exact) mass is 295 g/mol. The average Bonchev–Trinajstić information content (AvgIpc) is 3.08. The first kappa shape index (κ1) is 12.7. The molecule has 0 atom stereocenters. The highest BCUT2D eigenvalue weighted by Crippen LogP contribution is 2.39. The van der Waals surface area contributed by atoms with Crippen molar-refractivity contribution in [1.82, 2.24) is 0 Å². The summed E-state index contributed by atoms with van der Waals surface area (Å²) >= 11 is 6.43. The Bertz CT molecular complexity index is 518. The van der Waals surface area contributed by atoms with Crippen molar-refractivity contribution in [2.24, 2.45) is 0 Å². The van der Waals surface area contributed by atoms with Crippen LogP contribution in [0.4, 0.5) is 5.69 Å². The van der Waals surface area contributed by atoms with E-state index in [4.69, 9.17) is 25.8 Å². The maximum Gasteiger partial charge on any atom is 0.171 e. The van der Waals surface area contributed by atoms with Gasteiger partial charge in [-0.2, -0.15) is 0 Å². The summed E-state index contributed by atoms with van der Waals surface area (Å²) in [5.74, 6) is 0.647. The molecule has 4 rings (SSSR count). The zero-order chi connectivity index (χ0) is 13.6. The third-order valence-corrected chi connectivity index (χ3v) is 4.74. The van der Waals surface area contributed by atoms with E-state index in [2.05, 4.69) is 11.0 Å². The molecule has 0 aromatic heterocycles. The maximum atomic E-state index is 6.43. The Labute approximate surface area is 123 Å². The van der Waals surface area contributed by atoms with Crippen LogP contribution in [-0.4, -0.2) is 38.7 Å². The Balaban J connectivity index is 1.54. The molecule has 2 saturated heterocycles. The number of piperidine rings is 1. The highest BCUT2D eigenvalue weighted by molar-refractivity contribution is 6.33. The fourth-order valence-electron chi connectivity index (χ4n) is 3.30. The lowest BCUT2D eigenvalue weighted by atomic mass is 10.0. The molecule has 5 heteroatoms. The number of ether oxygens (including phenoxy) is 3. The Morgan fingerprint density at radius 1 is 1.05 bits per heavy atom. The molecule has 0 radical (unpaired) electrons. The van der Waals surface area contributed by atoms with E-state index < -0.39 is 0 Å². The molecule has 3 heterocycles. The minimum Gasteiger partial charge on any atom is -0.493 e. The van der Waals surface area contributed by atoms with Crippen molar-refractivity contribution >= 4 is 17.3 Å². The number of benzene rings is 1. The SMILES string of the molecule is Clc1cc2c(cc1N1CCC3(CC1)OCCO3)OCC2. The third kappa shape index (κ3) is 2.07. The van der Waals surface area contributed by atoms with E-state index in [9.17, 15) is 0 Å². The van der Waals surface area contributed by atoms with Gasteiger partial charge in [0.05, 0.1) is 30.5 Å². The average molecular weight is 296 g/mol. The van der Waals surface area contributed by atoms with Gasteiger partial charge in [0.2, 0.25) is 0 Å². The molecule has 108 valence electrons. The summed E-state index contributed by atoms with van der Waals surface area (Å²) in [7, 11) is 0. The van der Waals surface area contributed by atoms with E-state index in [1.165, 1.54) is 5.56 Å². The first-order chi connectivity index (χ1) is 9.76. The summed E-state index contributed by atoms with van der Waals surface area (Å²) in [6.07, 6.45) is 2.74. The summed E-state index contributed by atoms with van der Waals surface area (Å²) in [6, 6.07) is 4.13. The first-order valence-electron chi connectivity index (χ1n) is 7.24. The van der Waals surface area contributed by atoms with Crippen molar-refractivity contribution in [3.63, 3.8) is 0 Å². The van der Waals surface area contributed by atoms with Gasteiger partial charge < -0.3 is 19.1 Å². The van der Waals surface area contributed by atoms with Gasteiger partial charge in [0, 0.05) is 38.4 Å². The number of hydrogen-bond acceptors (Lipinski definition) is 4. The summed E-state index contributed by atoms with van der Waals surface area (Å²) in [5, 5.41) is 0.818. The Morgan fingerprint density at radius 2 is 1.80 bits per heavy atom. The van der Waals surface area contributed by atoms with E-state index in [-0.39, 0.29) is 5.79 Å². The topological polar surface area (TPSA) is 30.9 Å². The normalized spacial score (nSPS) is 23.9. The summed E-state index contributed by atoms with van der Waals surface area (Å²) in [5.41, 5.74) is 2.29. The van der Waals surface area contributed by atoms with Gasteiger partial charge in [0.15, 0.2) is 5.79 Å². The molecule has 3 aliphatic rings. The highest BCUT2D eigenvalue weighted by Gasteiger charge is 2.40. The second kappa shape index (κ2) is 4.79. The number of rotatable bonds is 1. The molecular weight excluding hydrogens is 278 g/mol. The minimum atomic E-state index is -0.337. The van der Waals surface area contributed by atoms with E-state index in [0.717, 1.165) is 55.4 Å². The Hall–Kier alpha value is -0.970. The molecule has 0 aliphatic carbocycles. The zero-order valence-corrected chi connectivity index (χ0v) is 12.1. The molecule has 0 unspecified atom stereocenters. The molecular formula is C15H18ClNO3. The lowest BCUT2D eigenvalue weighted by molar-refractivity contribution is -0.169. The largest absolute Gasteiger partial charge is 0.493 e. The highest BCUT2D eigenvalue weighted by atomic mass is 35.5. The van der Waals surface area contributed by atoms with E-state index in [0.29, 0.717) is 13.2 Å². The number of hydrogen-bond donors (Lipinski definition) is 0. The maximum absolute atomic E-state index is 6.43. The molecule has 2 fully saturated rings. The molecule has 0 saturated carbocycles. The fraction of sp³-hybridized carbons (Fsp3) is 0.600. The fourth-order valence-corrected chi connectivity index (χ4v) is 3.61. The van der Waals surface area contributed by atoms with Gasteiger partial charge in [-0.05, 0) is 11.6 Å². The summed E-state index contributed by atoms with van der Waals surface area (Å²) in [4.78, 5) is 2.31. The summed E-state index contributed by atoms with van der Waals surface area (Å²) in [6.45, 7) is 4.00. The molecule has 1 aromatic rings. The second-order valence-electron chi connectivity index (χ2n) is 5.60. The molecule has 1 spiro atoms. The van der Waals surface area contributed by atoms with E-state index in [1.807, 2.05) is 6.07 Å². The van der Waals surface area contributed by atoms with Crippen LogP contribution in [0.25, 0.3) is 0 Å². The van der Waals surface area contributed by atoms with Crippen LogP contribution in [0.1, 0.15) is 18.4 Å². The van der Waals surface area contributed by atoms with Crippen LogP contribution in [0.3, 0.4) is 0 Å². The lowest BCUT2D eigenvalue weighted by Gasteiger charge is -2.39. The van der Waals surface area contributed by atoms with Crippen molar-refractivity contribution in [2.75, 3.05) is 37.8 Å². The molecule has 0 N–H and O–H groups in total. The predicted molar refractivity (Wildman–Crippen MR) is 76.7 cm³/mol. The van der Waals surface area contributed by atoms with E-state index in [1.54, 1.807) is 0 Å². The number of fused-ring (bicyclic) bond motifs is 1. The van der Waals surface area contributed by atoms with Crippen molar-refractivity contribution in [2.45, 2.75) is 25.0 Å². The van der Waals surface area contributed by atoms with Crippen molar-refractivity contribution in [3.8, 4) is 5.75 Å². The second-order valence-corrected chi connectivity index (χ2v) is 6.01. The van der Waals surface area contributed by atoms with Crippen LogP contribution >= 0.6 is 11.6 Å². The standard InChI is InChI=1S/C15H18ClNO3/c16-12-9-11-1-6-18-14(11)10-13(12)17-4-2-15(3-5-17)19-7-8-20-15/h9-10H,1-8H2. The smallest absolute Gasteiger partial charge is 0.171 e. The lowest BCUT2D eigenvalue weighted by Crippen LogP contribution is -2.45. The van der Waals surface area contributed by atoms with Gasteiger partial charge in [-0.1, -0.05) is 11.6 Å². The quantitative estimate of drug-likeness (QED) is 0.797. The molecule has 0 amide bonds. The van der Waals surface area contributed by atoms with Crippen LogP contribution in [0, 0.1) is 0 Å². The van der Waals surface area contributed by atoms with Crippen molar-refractivity contribution < 1.29 is 14.2 Å². The van der Waals surface area contributed by atoms with Gasteiger partial charge in [0.25, 0.3) is 0 Å². The van der Waals surface area contributed by atoms with Crippen LogP contribution in [0.15, 0.2) is 12.1 Å². The Kier molecular flexibility index (Phi) is 3.05. The van der Waals surface area contributed by atoms with Crippen molar-refractivity contribution in [3.05, 3.63) is 22.7 Å². The summed E-state index contributed by atoms with van der Waals surface area (Å²) < 4.78 is 17.2. The molecule has 0 bridgehead atoms.